The molecule has 1 unspecified atom stereocenters. The average molecular weight is 225 g/mol. The fraction of sp³-hybridized carbons (Fsp3) is 0.417. The largest absolute Gasteiger partial charge is 0.480 e. The van der Waals surface area contributed by atoms with Crippen LogP contribution in [0.15, 0.2) is 24.3 Å². The van der Waals surface area contributed by atoms with Crippen LogP contribution in [0.5, 0.6) is 0 Å². The first-order valence-electron chi connectivity index (χ1n) is 5.02. The minimum Gasteiger partial charge on any atom is -0.480 e. The monoisotopic (exact) mass is 225 g/mol. The molecule has 0 aromatic heterocycles. The molecule has 0 bridgehead atoms. The number of carbonyl (C=O) groups is 1. The number of likely N-dealkylation sites (N-methyl/N-ethyl adjacent to an activating group) is 1. The number of hydrogen-bond acceptors (Lipinski definition) is 2. The van der Waals surface area contributed by atoms with Gasteiger partial charge in [0.1, 0.15) is 11.4 Å². The molecule has 0 heterocycles. The first-order chi connectivity index (χ1) is 7.38. The third kappa shape index (κ3) is 2.39. The number of benzene rings is 1. The Kier molecular flexibility index (Phi) is 3.65. The van der Waals surface area contributed by atoms with E-state index in [0.717, 1.165) is 0 Å². The molecule has 1 aromatic rings. The number of carboxylic acid groups (broad SMARTS) is 1. The van der Waals surface area contributed by atoms with Gasteiger partial charge in [0.25, 0.3) is 0 Å². The molecule has 0 saturated heterocycles. The number of nitrogens with zero attached hydrogens (tertiary/aromatic N) is 1. The van der Waals surface area contributed by atoms with Crippen LogP contribution in [0.4, 0.5) is 4.39 Å². The van der Waals surface area contributed by atoms with Crippen LogP contribution in [-0.2, 0) is 11.2 Å². The van der Waals surface area contributed by atoms with Crippen LogP contribution in [0.1, 0.15) is 12.5 Å². The van der Waals surface area contributed by atoms with Crippen molar-refractivity contribution in [3.05, 3.63) is 35.6 Å². The highest BCUT2D eigenvalue weighted by molar-refractivity contribution is 5.78. The standard InChI is InChI=1S/C12H16FNO2/c1-12(11(15)16,14(2)3)8-9-6-4-5-7-10(9)13/h4-7H,8H2,1-3H3,(H,15,16). The number of aliphatic carboxylic acids is 1. The van der Waals surface area contributed by atoms with Crippen LogP contribution in [0.25, 0.3) is 0 Å². The number of halogens is 1. The van der Waals surface area contributed by atoms with Crippen LogP contribution >= 0.6 is 0 Å². The van der Waals surface area contributed by atoms with E-state index in [0.29, 0.717) is 5.56 Å². The van der Waals surface area contributed by atoms with E-state index >= 15 is 0 Å². The zero-order chi connectivity index (χ0) is 12.3. The Morgan fingerprint density at radius 2 is 2.00 bits per heavy atom. The van der Waals surface area contributed by atoms with Crippen molar-refractivity contribution in [1.29, 1.82) is 0 Å². The van der Waals surface area contributed by atoms with Gasteiger partial charge in [-0.3, -0.25) is 9.69 Å². The quantitative estimate of drug-likeness (QED) is 0.849. The smallest absolute Gasteiger partial charge is 0.324 e. The summed E-state index contributed by atoms with van der Waals surface area (Å²) in [5.74, 6) is -1.32. The molecule has 0 spiro atoms. The fourth-order valence-corrected chi connectivity index (χ4v) is 1.44. The Labute approximate surface area is 94.5 Å². The van der Waals surface area contributed by atoms with Gasteiger partial charge in [-0.2, -0.15) is 0 Å². The Bertz CT molecular complexity index is 392. The Hall–Kier alpha value is -1.42. The van der Waals surface area contributed by atoms with Gasteiger partial charge in [-0.25, -0.2) is 4.39 Å². The lowest BCUT2D eigenvalue weighted by Gasteiger charge is -2.32. The van der Waals surface area contributed by atoms with E-state index in [4.69, 9.17) is 0 Å². The molecule has 0 amide bonds. The van der Waals surface area contributed by atoms with E-state index in [1.54, 1.807) is 44.1 Å². The predicted octanol–water partition coefficient (Wildman–Crippen LogP) is 1.77. The lowest BCUT2D eigenvalue weighted by atomic mass is 9.91. The zero-order valence-electron chi connectivity index (χ0n) is 9.70. The summed E-state index contributed by atoms with van der Waals surface area (Å²) < 4.78 is 13.4. The Morgan fingerprint density at radius 3 is 2.44 bits per heavy atom. The van der Waals surface area contributed by atoms with Crippen molar-refractivity contribution in [2.75, 3.05) is 14.1 Å². The van der Waals surface area contributed by atoms with Crippen LogP contribution in [-0.4, -0.2) is 35.6 Å². The van der Waals surface area contributed by atoms with Gasteiger partial charge < -0.3 is 5.11 Å². The van der Waals surface area contributed by atoms with Gasteiger partial charge in [0.15, 0.2) is 0 Å². The summed E-state index contributed by atoms with van der Waals surface area (Å²) in [6, 6.07) is 6.25. The summed E-state index contributed by atoms with van der Waals surface area (Å²) in [7, 11) is 3.35. The fourth-order valence-electron chi connectivity index (χ4n) is 1.44. The van der Waals surface area contributed by atoms with Crippen molar-refractivity contribution in [1.82, 2.24) is 4.90 Å². The van der Waals surface area contributed by atoms with Crippen molar-refractivity contribution >= 4 is 5.97 Å². The van der Waals surface area contributed by atoms with Gasteiger partial charge in [-0.15, -0.1) is 0 Å². The lowest BCUT2D eigenvalue weighted by molar-refractivity contribution is -0.148. The number of rotatable bonds is 4. The second-order valence-corrected chi connectivity index (χ2v) is 4.24. The van der Waals surface area contributed by atoms with E-state index < -0.39 is 11.5 Å². The Morgan fingerprint density at radius 1 is 1.44 bits per heavy atom. The maximum atomic E-state index is 13.4. The van der Waals surface area contributed by atoms with E-state index in [1.807, 2.05) is 0 Å². The van der Waals surface area contributed by atoms with E-state index in [1.165, 1.54) is 6.07 Å². The van der Waals surface area contributed by atoms with Crippen molar-refractivity contribution in [2.45, 2.75) is 18.9 Å². The summed E-state index contributed by atoms with van der Waals surface area (Å²) in [5.41, 5.74) is -0.677. The molecule has 0 fully saturated rings. The van der Waals surface area contributed by atoms with Crippen LogP contribution in [0, 0.1) is 5.82 Å². The zero-order valence-corrected chi connectivity index (χ0v) is 9.70. The molecule has 1 rings (SSSR count). The number of hydrogen-bond donors (Lipinski definition) is 1. The molecule has 0 aliphatic carbocycles. The summed E-state index contributed by atoms with van der Waals surface area (Å²) in [4.78, 5) is 12.8. The minimum absolute atomic E-state index is 0.141. The van der Waals surface area contributed by atoms with Gasteiger partial charge >= 0.3 is 5.97 Å². The topological polar surface area (TPSA) is 40.5 Å². The van der Waals surface area contributed by atoms with Gasteiger partial charge in [0.05, 0.1) is 0 Å². The predicted molar refractivity (Wildman–Crippen MR) is 59.8 cm³/mol. The summed E-state index contributed by atoms with van der Waals surface area (Å²) in [6.07, 6.45) is 0.141. The summed E-state index contributed by atoms with van der Waals surface area (Å²) in [5, 5.41) is 9.19. The van der Waals surface area contributed by atoms with Crippen molar-refractivity contribution in [3.8, 4) is 0 Å². The molecule has 1 aromatic carbocycles. The van der Waals surface area contributed by atoms with E-state index in [-0.39, 0.29) is 12.2 Å². The minimum atomic E-state index is -1.10. The average Bonchev–Trinajstić information content (AvgIpc) is 2.20. The van der Waals surface area contributed by atoms with Crippen LogP contribution in [0.2, 0.25) is 0 Å². The van der Waals surface area contributed by atoms with Crippen LogP contribution < -0.4 is 0 Å². The molecule has 16 heavy (non-hydrogen) atoms. The molecular formula is C12H16FNO2. The molecule has 0 saturated carbocycles. The van der Waals surface area contributed by atoms with Gasteiger partial charge in [-0.1, -0.05) is 18.2 Å². The lowest BCUT2D eigenvalue weighted by Crippen LogP contribution is -2.50. The highest BCUT2D eigenvalue weighted by atomic mass is 19.1. The number of carboxylic acids is 1. The highest BCUT2D eigenvalue weighted by Gasteiger charge is 2.36. The molecular weight excluding hydrogens is 209 g/mol. The first kappa shape index (κ1) is 12.6. The third-order valence-electron chi connectivity index (χ3n) is 2.94. The Balaban J connectivity index is 3.02. The molecule has 4 heteroatoms. The van der Waals surface area contributed by atoms with Crippen molar-refractivity contribution in [3.63, 3.8) is 0 Å². The van der Waals surface area contributed by atoms with Gasteiger partial charge in [0, 0.05) is 6.42 Å². The first-order valence-corrected chi connectivity index (χ1v) is 5.02. The van der Waals surface area contributed by atoms with Crippen molar-refractivity contribution < 1.29 is 14.3 Å². The normalized spacial score (nSPS) is 14.8. The van der Waals surface area contributed by atoms with Gasteiger partial charge in [0.2, 0.25) is 0 Å². The molecule has 1 atom stereocenters. The van der Waals surface area contributed by atoms with Gasteiger partial charge in [-0.05, 0) is 32.6 Å². The molecule has 0 aliphatic rings. The summed E-state index contributed by atoms with van der Waals surface area (Å²) >= 11 is 0. The van der Waals surface area contributed by atoms with Crippen LogP contribution in [0.3, 0.4) is 0 Å². The molecule has 0 aliphatic heterocycles. The summed E-state index contributed by atoms with van der Waals surface area (Å²) in [6.45, 7) is 1.59. The SMILES string of the molecule is CN(C)C(C)(Cc1ccccc1F)C(=O)O. The van der Waals surface area contributed by atoms with E-state index in [9.17, 15) is 14.3 Å². The highest BCUT2D eigenvalue weighted by Crippen LogP contribution is 2.20. The maximum absolute atomic E-state index is 13.4. The molecule has 3 nitrogen and oxygen atoms in total. The second-order valence-electron chi connectivity index (χ2n) is 4.24. The molecule has 1 N–H and O–H groups in total. The van der Waals surface area contributed by atoms with Crippen molar-refractivity contribution in [2.24, 2.45) is 0 Å². The van der Waals surface area contributed by atoms with E-state index in [2.05, 4.69) is 0 Å². The maximum Gasteiger partial charge on any atom is 0.324 e. The molecule has 0 radical (unpaired) electrons. The third-order valence-corrected chi connectivity index (χ3v) is 2.94. The molecule has 88 valence electrons. The second kappa shape index (κ2) is 4.61.